The number of para-hydroxylation sites is 2. The van der Waals surface area contributed by atoms with Crippen molar-refractivity contribution in [3.63, 3.8) is 0 Å². The van der Waals surface area contributed by atoms with Gasteiger partial charge in [0.15, 0.2) is 0 Å². The molecule has 2 aliphatic carbocycles. The van der Waals surface area contributed by atoms with E-state index in [0.29, 0.717) is 12.1 Å². The van der Waals surface area contributed by atoms with Gasteiger partial charge in [-0.15, -0.1) is 83.6 Å². The van der Waals surface area contributed by atoms with Crippen LogP contribution in [0.3, 0.4) is 0 Å². The Morgan fingerprint density at radius 1 is 0.605 bits per heavy atom. The molecule has 0 radical (unpaired) electrons. The van der Waals surface area contributed by atoms with Crippen LogP contribution in [0, 0.1) is 25.6 Å². The average Bonchev–Trinajstić information content (AvgIpc) is 3.69. The fraction of sp³-hybridized carbons (Fsp3) is 0.162. The van der Waals surface area contributed by atoms with Crippen molar-refractivity contribution in [2.24, 2.45) is 0 Å². The van der Waals surface area contributed by atoms with Crippen LogP contribution in [0.4, 0.5) is 11.4 Å². The Kier molecular flexibility index (Phi) is 16.9. The molecule has 43 heavy (non-hydrogen) atoms. The number of benzene rings is 3. The number of nitrogens with zero attached hydrogens (tertiary/aromatic N) is 2. The van der Waals surface area contributed by atoms with Gasteiger partial charge in [-0.1, -0.05) is 61.6 Å². The summed E-state index contributed by atoms with van der Waals surface area (Å²) in [5.74, 6) is 0. The monoisotopic (exact) mass is 700 g/mol. The first-order valence-electron chi connectivity index (χ1n) is 13.5. The van der Waals surface area contributed by atoms with Crippen LogP contribution in [0.25, 0.3) is 0 Å². The fourth-order valence-corrected chi connectivity index (χ4v) is 5.18. The molecule has 3 aromatic rings. The summed E-state index contributed by atoms with van der Waals surface area (Å²) < 4.78 is 0. The second kappa shape index (κ2) is 18.9. The van der Waals surface area contributed by atoms with Gasteiger partial charge in [-0.25, -0.2) is 0 Å². The molecule has 0 bridgehead atoms. The van der Waals surface area contributed by atoms with Crippen LogP contribution in [0.5, 0.6) is 0 Å². The second-order valence-corrected chi connectivity index (χ2v) is 9.81. The molecule has 0 saturated heterocycles. The number of halogens is 2. The van der Waals surface area contributed by atoms with Crippen LogP contribution in [-0.4, -0.2) is 19.0 Å². The third-order valence-corrected chi connectivity index (χ3v) is 6.75. The molecule has 224 valence electrons. The molecular weight excluding hydrogens is 663 g/mol. The molecule has 2 nitrogen and oxygen atoms in total. The van der Waals surface area contributed by atoms with Gasteiger partial charge in [0.05, 0.1) is 0 Å². The maximum absolute atomic E-state index is 3.39. The van der Waals surface area contributed by atoms with Gasteiger partial charge in [0, 0.05) is 23.5 Å². The van der Waals surface area contributed by atoms with Crippen molar-refractivity contribution >= 4 is 43.1 Å². The molecule has 0 saturated carbocycles. The zero-order chi connectivity index (χ0) is 28.5. The molecule has 2 atom stereocenters. The van der Waals surface area contributed by atoms with Crippen molar-refractivity contribution in [1.29, 1.82) is 0 Å². The van der Waals surface area contributed by atoms with E-state index in [1.807, 2.05) is 37.2 Å². The molecule has 0 N–H and O–H groups in total. The van der Waals surface area contributed by atoms with E-state index in [9.17, 15) is 0 Å². The van der Waals surface area contributed by atoms with Crippen LogP contribution in [-0.2, 0) is 23.3 Å². The van der Waals surface area contributed by atoms with Gasteiger partial charge in [-0.3, -0.25) is 0 Å². The van der Waals surface area contributed by atoms with E-state index in [0.717, 1.165) is 0 Å². The van der Waals surface area contributed by atoms with Gasteiger partial charge in [0.2, 0.25) is 0 Å². The van der Waals surface area contributed by atoms with Crippen molar-refractivity contribution < 1.29 is 23.3 Å². The maximum atomic E-state index is 3.39. The van der Waals surface area contributed by atoms with E-state index >= 15 is 0 Å². The van der Waals surface area contributed by atoms with E-state index < -0.39 is 0 Å². The molecule has 2 heterocycles. The molecular formula is C37H40Cl2N2SiZr-4. The number of fused-ring (bicyclic) bond motifs is 2. The molecule has 0 amide bonds. The Morgan fingerprint density at radius 3 is 1.26 bits per heavy atom. The van der Waals surface area contributed by atoms with E-state index in [1.165, 1.54) is 45.1 Å². The molecule has 2 aliphatic heterocycles. The van der Waals surface area contributed by atoms with Crippen molar-refractivity contribution in [1.82, 2.24) is 0 Å². The van der Waals surface area contributed by atoms with Gasteiger partial charge in [0.25, 0.3) is 0 Å². The summed E-state index contributed by atoms with van der Waals surface area (Å²) in [6.07, 6.45) is 15.7. The SMILES string of the molecule is CC1=[C-]C2=CC(C)N(c3ccccc3)C2=C1.CC1=[C-]C2=CC(C)N(c3ccccc3)C2=C1.Cl.Cl.[CH3-].[SiH2]=[Zr].[c-]1ccccc1. The van der Waals surface area contributed by atoms with E-state index in [2.05, 4.69) is 141 Å². The molecule has 4 aliphatic rings. The quantitative estimate of drug-likeness (QED) is 0.195. The minimum absolute atomic E-state index is 0. The van der Waals surface area contributed by atoms with Crippen LogP contribution in [0.15, 0.2) is 149 Å². The minimum atomic E-state index is 0. The van der Waals surface area contributed by atoms with Crippen LogP contribution >= 0.6 is 24.8 Å². The van der Waals surface area contributed by atoms with Gasteiger partial charge in [-0.05, 0) is 38.1 Å². The van der Waals surface area contributed by atoms with E-state index in [-0.39, 0.29) is 32.2 Å². The molecule has 6 heteroatoms. The summed E-state index contributed by atoms with van der Waals surface area (Å²) in [6.45, 7) is 10.6. The first-order valence-corrected chi connectivity index (χ1v) is 19.5. The number of anilines is 2. The van der Waals surface area contributed by atoms with Crippen LogP contribution in [0.1, 0.15) is 27.7 Å². The summed E-state index contributed by atoms with van der Waals surface area (Å²) in [7, 11) is 0. The standard InChI is InChI=1S/2C15H14N.C6H5.CH3.2ClH.H2Si.Zr/c2*1-11-8-13-10-12(2)16(15(13)9-11)14-6-4-3-5-7-14;1-2-4-6-5-3-1;;;;;/h2*3-7,9-10,12H,1-2H3;1-5H;1H3;2*1H;1H2;/q4*-1;;;;. The van der Waals surface area contributed by atoms with Gasteiger partial charge >= 0.3 is 30.2 Å². The predicted octanol–water partition coefficient (Wildman–Crippen LogP) is 8.80. The fourth-order valence-electron chi connectivity index (χ4n) is 5.18. The van der Waals surface area contributed by atoms with Crippen molar-refractivity contribution in [2.75, 3.05) is 9.80 Å². The Labute approximate surface area is 288 Å². The largest absolute Gasteiger partial charge is 0.184 e. The smallest absolute Gasteiger partial charge is 0.171 e. The topological polar surface area (TPSA) is 6.48 Å². The minimum Gasteiger partial charge on any atom is -0.184 e. The number of hydrogen-bond donors (Lipinski definition) is 0. The molecule has 0 fully saturated rings. The van der Waals surface area contributed by atoms with Crippen molar-refractivity contribution in [3.8, 4) is 0 Å². The first kappa shape index (κ1) is 38.4. The second-order valence-electron chi connectivity index (χ2n) is 9.81. The van der Waals surface area contributed by atoms with E-state index in [1.54, 1.807) is 23.3 Å². The average molecular weight is 703 g/mol. The van der Waals surface area contributed by atoms with Crippen LogP contribution < -0.4 is 9.80 Å². The van der Waals surface area contributed by atoms with Crippen LogP contribution in [0.2, 0.25) is 0 Å². The summed E-state index contributed by atoms with van der Waals surface area (Å²) in [5.41, 5.74) is 10.0. The third kappa shape index (κ3) is 9.68. The summed E-state index contributed by atoms with van der Waals surface area (Å²) >= 11 is 1.58. The van der Waals surface area contributed by atoms with E-state index in [4.69, 9.17) is 0 Å². The number of hydrogen-bond acceptors (Lipinski definition) is 2. The molecule has 0 aromatic heterocycles. The Balaban J connectivity index is 0.000000327. The summed E-state index contributed by atoms with van der Waals surface area (Å²) in [5, 5.41) is 0. The van der Waals surface area contributed by atoms with Gasteiger partial charge in [-0.2, -0.15) is 36.4 Å². The number of rotatable bonds is 2. The van der Waals surface area contributed by atoms with Gasteiger partial charge < -0.3 is 17.2 Å². The molecule has 2 unspecified atom stereocenters. The maximum Gasteiger partial charge on any atom is -0.171 e. The predicted molar refractivity (Wildman–Crippen MR) is 189 cm³/mol. The Morgan fingerprint density at radius 2 is 0.953 bits per heavy atom. The summed E-state index contributed by atoms with van der Waals surface area (Å²) in [6, 6.07) is 34.4. The normalized spacial score (nSPS) is 18.1. The molecule has 7 rings (SSSR count). The Hall–Kier alpha value is -2.62. The zero-order valence-electron chi connectivity index (χ0n) is 25.5. The third-order valence-electron chi connectivity index (χ3n) is 6.75. The number of allylic oxidation sites excluding steroid dienone is 6. The van der Waals surface area contributed by atoms with Gasteiger partial charge in [0.1, 0.15) is 0 Å². The molecule has 3 aromatic carbocycles. The first-order chi connectivity index (χ1) is 19.5. The summed E-state index contributed by atoms with van der Waals surface area (Å²) in [4.78, 5) is 4.72. The zero-order valence-corrected chi connectivity index (χ0v) is 31.0. The van der Waals surface area contributed by atoms with Crippen molar-refractivity contribution in [3.05, 3.63) is 175 Å². The van der Waals surface area contributed by atoms with Crippen molar-refractivity contribution in [2.45, 2.75) is 39.8 Å². The Bertz CT molecular complexity index is 1350. The molecule has 0 spiro atoms.